The fourth-order valence-electron chi connectivity index (χ4n) is 4.11. The average molecular weight is 404 g/mol. The number of hydrogen-bond donors (Lipinski definition) is 3. The average Bonchev–Trinajstić information content (AvgIpc) is 2.85. The van der Waals surface area contributed by atoms with Gasteiger partial charge in [0.05, 0.1) is 6.61 Å². The molecule has 1 fully saturated rings. The number of aliphatic hydroxyl groups excluding tert-OH is 1. The van der Waals surface area contributed by atoms with Gasteiger partial charge in [-0.3, -0.25) is 0 Å². The molecule has 150 valence electrons. The van der Waals surface area contributed by atoms with Gasteiger partial charge in [0.25, 0.3) is 10.2 Å². The lowest BCUT2D eigenvalue weighted by Gasteiger charge is -2.23. The van der Waals surface area contributed by atoms with Crippen LogP contribution in [0.3, 0.4) is 0 Å². The number of nitrogens with one attached hydrogen (secondary N) is 2. The third kappa shape index (κ3) is 5.31. The van der Waals surface area contributed by atoms with Crippen LogP contribution in [0.1, 0.15) is 29.5 Å². The maximum atomic E-state index is 12.3. The minimum absolute atomic E-state index is 0.0451. The third-order valence-electron chi connectivity index (χ3n) is 5.29. The van der Waals surface area contributed by atoms with Gasteiger partial charge in [0.1, 0.15) is 6.54 Å². The number of hydrogen-bond acceptors (Lipinski definition) is 3. The van der Waals surface area contributed by atoms with Crippen molar-refractivity contribution in [2.45, 2.75) is 37.9 Å². The molecule has 1 saturated carbocycles. The van der Waals surface area contributed by atoms with E-state index in [1.165, 1.54) is 0 Å². The Bertz CT molecular complexity index is 809. The number of alkyl halides is 3. The SMILES string of the molecule is O=S(=O)(NCC(F)(F)F)N[C@@H]1[C@@H]2CC[C@H]1Cc1cc(/C=C/CO)ccc1C2. The lowest BCUT2D eigenvalue weighted by Crippen LogP contribution is -2.49. The molecule has 0 saturated heterocycles. The van der Waals surface area contributed by atoms with Crippen LogP contribution in [-0.4, -0.2) is 38.9 Å². The molecule has 0 aliphatic heterocycles. The van der Waals surface area contributed by atoms with Crippen LogP contribution in [-0.2, 0) is 23.1 Å². The maximum absolute atomic E-state index is 12.3. The van der Waals surface area contributed by atoms with E-state index in [4.69, 9.17) is 5.11 Å². The molecule has 27 heavy (non-hydrogen) atoms. The largest absolute Gasteiger partial charge is 0.402 e. The number of aliphatic hydroxyl groups is 1. The highest BCUT2D eigenvalue weighted by Gasteiger charge is 2.41. The zero-order valence-corrected chi connectivity index (χ0v) is 15.5. The standard InChI is InChI=1S/C18H23F3N2O3S/c19-18(20,21)11-22-27(25,26)23-17-14-5-6-15(17)10-16-8-12(2-1-7-24)3-4-13(16)9-14/h1-4,8,14-15,17,22-24H,5-7,9-11H2/b2-1+/t14-,15+,17-/m1/s1. The molecule has 0 aromatic heterocycles. The van der Waals surface area contributed by atoms with E-state index in [9.17, 15) is 21.6 Å². The molecule has 0 unspecified atom stereocenters. The van der Waals surface area contributed by atoms with Crippen molar-refractivity contribution >= 4 is 16.3 Å². The minimum atomic E-state index is -4.59. The van der Waals surface area contributed by atoms with Gasteiger partial charge in [-0.2, -0.15) is 31.0 Å². The van der Waals surface area contributed by atoms with E-state index in [0.717, 1.165) is 29.5 Å². The minimum Gasteiger partial charge on any atom is -0.392 e. The van der Waals surface area contributed by atoms with E-state index in [-0.39, 0.29) is 24.5 Å². The van der Waals surface area contributed by atoms with Crippen molar-refractivity contribution in [1.29, 1.82) is 0 Å². The Balaban J connectivity index is 1.74. The molecule has 3 rings (SSSR count). The molecule has 2 aliphatic carbocycles. The zero-order chi connectivity index (χ0) is 19.7. The summed E-state index contributed by atoms with van der Waals surface area (Å²) < 4.78 is 65.2. The summed E-state index contributed by atoms with van der Waals surface area (Å²) >= 11 is 0. The van der Waals surface area contributed by atoms with Gasteiger partial charge in [-0.1, -0.05) is 30.4 Å². The smallest absolute Gasteiger partial charge is 0.392 e. The Kier molecular flexibility index (Phi) is 5.95. The van der Waals surface area contributed by atoms with E-state index in [2.05, 4.69) is 4.72 Å². The third-order valence-corrected chi connectivity index (χ3v) is 6.39. The molecule has 0 radical (unpaired) electrons. The van der Waals surface area contributed by atoms with Gasteiger partial charge in [-0.25, -0.2) is 0 Å². The summed E-state index contributed by atoms with van der Waals surface area (Å²) in [5, 5.41) is 8.91. The van der Waals surface area contributed by atoms with Crippen molar-refractivity contribution in [3.63, 3.8) is 0 Å². The number of benzene rings is 1. The predicted octanol–water partition coefficient (Wildman–Crippen LogP) is 2.17. The number of rotatable bonds is 6. The Morgan fingerprint density at radius 2 is 1.81 bits per heavy atom. The molecule has 5 nitrogen and oxygen atoms in total. The first-order valence-corrected chi connectivity index (χ1v) is 10.4. The van der Waals surface area contributed by atoms with Gasteiger partial charge in [0.15, 0.2) is 0 Å². The molecule has 3 atom stereocenters. The molecule has 0 spiro atoms. The van der Waals surface area contributed by atoms with Crippen molar-refractivity contribution in [2.75, 3.05) is 13.2 Å². The summed E-state index contributed by atoms with van der Waals surface area (Å²) in [6.45, 7) is -1.62. The van der Waals surface area contributed by atoms with Crippen LogP contribution >= 0.6 is 0 Å². The van der Waals surface area contributed by atoms with E-state index < -0.39 is 22.9 Å². The second-order valence-electron chi connectivity index (χ2n) is 7.20. The normalized spacial score (nSPS) is 25.6. The fraction of sp³-hybridized carbons (Fsp3) is 0.556. The monoisotopic (exact) mass is 404 g/mol. The summed E-state index contributed by atoms with van der Waals surface area (Å²) in [6, 6.07) is 5.63. The molecule has 1 aromatic rings. The summed E-state index contributed by atoms with van der Waals surface area (Å²) in [7, 11) is -4.22. The Morgan fingerprint density at radius 1 is 1.15 bits per heavy atom. The highest BCUT2D eigenvalue weighted by molar-refractivity contribution is 7.87. The van der Waals surface area contributed by atoms with Gasteiger partial charge in [0.2, 0.25) is 0 Å². The van der Waals surface area contributed by atoms with E-state index in [0.29, 0.717) is 12.8 Å². The van der Waals surface area contributed by atoms with Crippen molar-refractivity contribution in [1.82, 2.24) is 9.44 Å². The van der Waals surface area contributed by atoms with Gasteiger partial charge >= 0.3 is 6.18 Å². The van der Waals surface area contributed by atoms with Crippen molar-refractivity contribution in [3.8, 4) is 0 Å². The highest BCUT2D eigenvalue weighted by atomic mass is 32.2. The first-order chi connectivity index (χ1) is 12.7. The highest BCUT2D eigenvalue weighted by Crippen LogP contribution is 2.40. The molecular formula is C18H23F3N2O3S. The fourth-order valence-corrected chi connectivity index (χ4v) is 5.29. The molecule has 9 heteroatoms. The summed E-state index contributed by atoms with van der Waals surface area (Å²) in [5.41, 5.74) is 3.25. The van der Waals surface area contributed by atoms with Crippen LogP contribution < -0.4 is 9.44 Å². The van der Waals surface area contributed by atoms with Crippen LogP contribution in [0.25, 0.3) is 6.08 Å². The predicted molar refractivity (Wildman–Crippen MR) is 96.1 cm³/mol. The van der Waals surface area contributed by atoms with Gasteiger partial charge in [-0.15, -0.1) is 0 Å². The summed E-state index contributed by atoms with van der Waals surface area (Å²) in [4.78, 5) is 0. The van der Waals surface area contributed by atoms with Crippen molar-refractivity contribution in [3.05, 3.63) is 41.0 Å². The number of halogens is 3. The zero-order valence-electron chi connectivity index (χ0n) is 14.7. The molecule has 3 N–H and O–H groups in total. The van der Waals surface area contributed by atoms with Gasteiger partial charge < -0.3 is 5.11 Å². The summed E-state index contributed by atoms with van der Waals surface area (Å²) in [6.07, 6.45) is 1.95. The number of fused-ring (bicyclic) bond motifs is 3. The first kappa shape index (κ1) is 20.3. The van der Waals surface area contributed by atoms with E-state index in [1.54, 1.807) is 10.8 Å². The first-order valence-electron chi connectivity index (χ1n) is 8.90. The topological polar surface area (TPSA) is 78.4 Å². The van der Waals surface area contributed by atoms with Gasteiger partial charge in [-0.05, 0) is 54.2 Å². The Hall–Kier alpha value is -1.42. The molecular weight excluding hydrogens is 381 g/mol. The van der Waals surface area contributed by atoms with Crippen molar-refractivity contribution in [2.24, 2.45) is 11.8 Å². The lowest BCUT2D eigenvalue weighted by molar-refractivity contribution is -0.121. The maximum Gasteiger partial charge on any atom is 0.402 e. The Morgan fingerprint density at radius 3 is 2.44 bits per heavy atom. The molecule has 1 aromatic carbocycles. The van der Waals surface area contributed by atoms with Crippen LogP contribution in [0, 0.1) is 11.8 Å². The van der Waals surface area contributed by atoms with E-state index >= 15 is 0 Å². The Labute approximate surface area is 156 Å². The van der Waals surface area contributed by atoms with Crippen LogP contribution in [0.4, 0.5) is 13.2 Å². The van der Waals surface area contributed by atoms with Crippen LogP contribution in [0.5, 0.6) is 0 Å². The summed E-state index contributed by atoms with van der Waals surface area (Å²) in [5.74, 6) is 0.119. The lowest BCUT2D eigenvalue weighted by atomic mass is 9.92. The molecule has 0 heterocycles. The second-order valence-corrected chi connectivity index (χ2v) is 8.73. The van der Waals surface area contributed by atoms with Crippen molar-refractivity contribution < 1.29 is 26.7 Å². The molecule has 0 amide bonds. The van der Waals surface area contributed by atoms with Crippen LogP contribution in [0.2, 0.25) is 0 Å². The molecule has 2 bridgehead atoms. The second kappa shape index (κ2) is 7.90. The molecule has 2 aliphatic rings. The quantitative estimate of drug-likeness (QED) is 0.680. The van der Waals surface area contributed by atoms with Gasteiger partial charge in [0, 0.05) is 6.04 Å². The van der Waals surface area contributed by atoms with E-state index in [1.807, 2.05) is 24.3 Å². The van der Waals surface area contributed by atoms with Crippen LogP contribution in [0.15, 0.2) is 24.3 Å².